The van der Waals surface area contributed by atoms with Crippen molar-refractivity contribution in [2.75, 3.05) is 26.2 Å². The van der Waals surface area contributed by atoms with Crippen LogP contribution in [-0.4, -0.2) is 31.1 Å². The van der Waals surface area contributed by atoms with E-state index in [0.29, 0.717) is 10.4 Å². The van der Waals surface area contributed by atoms with E-state index in [1.165, 1.54) is 25.0 Å². The molecule has 2 aliphatic rings. The summed E-state index contributed by atoms with van der Waals surface area (Å²) in [6, 6.07) is 2.62. The average molecular weight is 418 g/mol. The molecule has 1 N–H and O–H groups in total. The van der Waals surface area contributed by atoms with Gasteiger partial charge in [-0.1, -0.05) is 28.8 Å². The molecule has 0 bridgehead atoms. The molecule has 126 valence electrons. The van der Waals surface area contributed by atoms with Gasteiger partial charge in [0.05, 0.1) is 0 Å². The Hall–Kier alpha value is 0.0600. The van der Waals surface area contributed by atoms with Gasteiger partial charge in [-0.15, -0.1) is 24.8 Å². The first-order valence-electron chi connectivity index (χ1n) is 7.24. The number of halogens is 5. The van der Waals surface area contributed by atoms with E-state index in [-0.39, 0.29) is 36.4 Å². The number of hydrogen-bond acceptors (Lipinski definition) is 2. The molecule has 22 heavy (non-hydrogen) atoms. The SMILES string of the molecule is Cl.Cl.Fc1cc(Br)cc(F)c1[C@H](CC1CC1)N1CCNCC1. The third-order valence-electron chi connectivity index (χ3n) is 4.22. The largest absolute Gasteiger partial charge is 0.314 e. The van der Waals surface area contributed by atoms with Crippen molar-refractivity contribution in [2.24, 2.45) is 5.92 Å². The molecule has 1 saturated heterocycles. The lowest BCUT2D eigenvalue weighted by atomic mass is 9.97. The zero-order valence-electron chi connectivity index (χ0n) is 12.2. The Kier molecular flexibility index (Phi) is 8.03. The van der Waals surface area contributed by atoms with Crippen LogP contribution in [0.15, 0.2) is 16.6 Å². The van der Waals surface area contributed by atoms with Gasteiger partial charge >= 0.3 is 0 Å². The van der Waals surface area contributed by atoms with Crippen molar-refractivity contribution in [3.8, 4) is 0 Å². The van der Waals surface area contributed by atoms with Crippen LogP contribution in [0, 0.1) is 17.6 Å². The number of hydrogen-bond donors (Lipinski definition) is 1. The third-order valence-corrected chi connectivity index (χ3v) is 4.68. The highest BCUT2D eigenvalue weighted by atomic mass is 79.9. The van der Waals surface area contributed by atoms with Gasteiger partial charge in [-0.3, -0.25) is 4.90 Å². The molecule has 0 spiro atoms. The molecular formula is C15H21BrCl2F2N2. The van der Waals surface area contributed by atoms with Crippen LogP contribution in [0.4, 0.5) is 8.78 Å². The van der Waals surface area contributed by atoms with Crippen molar-refractivity contribution in [3.63, 3.8) is 0 Å². The van der Waals surface area contributed by atoms with Crippen LogP contribution in [0.5, 0.6) is 0 Å². The van der Waals surface area contributed by atoms with Gasteiger partial charge in [-0.25, -0.2) is 8.78 Å². The van der Waals surface area contributed by atoms with Crippen LogP contribution in [0.3, 0.4) is 0 Å². The Morgan fingerprint density at radius 1 is 1.14 bits per heavy atom. The normalized spacial score (nSPS) is 20.0. The second-order valence-corrected chi connectivity index (χ2v) is 6.68. The molecule has 1 aromatic carbocycles. The molecule has 7 heteroatoms. The first kappa shape index (κ1) is 20.1. The lowest BCUT2D eigenvalue weighted by Gasteiger charge is -2.35. The van der Waals surface area contributed by atoms with Crippen molar-refractivity contribution < 1.29 is 8.78 Å². The maximum absolute atomic E-state index is 14.3. The van der Waals surface area contributed by atoms with Gasteiger partial charge in [0.1, 0.15) is 11.6 Å². The molecule has 0 aromatic heterocycles. The van der Waals surface area contributed by atoms with E-state index >= 15 is 0 Å². The van der Waals surface area contributed by atoms with Gasteiger partial charge in [0, 0.05) is 42.3 Å². The highest BCUT2D eigenvalue weighted by molar-refractivity contribution is 9.10. The molecule has 1 saturated carbocycles. The summed E-state index contributed by atoms with van der Waals surface area (Å²) < 4.78 is 29.0. The molecular weight excluding hydrogens is 397 g/mol. The molecule has 0 radical (unpaired) electrons. The Balaban J connectivity index is 0.00000121. The van der Waals surface area contributed by atoms with Gasteiger partial charge in [0.25, 0.3) is 0 Å². The Labute approximate surface area is 151 Å². The number of nitrogens with one attached hydrogen (secondary N) is 1. The lowest BCUT2D eigenvalue weighted by molar-refractivity contribution is 0.154. The smallest absolute Gasteiger partial charge is 0.132 e. The summed E-state index contributed by atoms with van der Waals surface area (Å²) in [5.74, 6) is -0.223. The van der Waals surface area contributed by atoms with Crippen LogP contribution in [-0.2, 0) is 0 Å². The molecule has 0 amide bonds. The van der Waals surface area contributed by atoms with Crippen molar-refractivity contribution in [1.29, 1.82) is 0 Å². The summed E-state index contributed by atoms with van der Waals surface area (Å²) in [6.07, 6.45) is 3.26. The molecule has 1 aromatic rings. The standard InChI is InChI=1S/C15H19BrF2N2.2ClH/c16-11-8-12(17)15(13(18)9-11)14(7-10-1-2-10)20-5-3-19-4-6-20;;/h8-10,14,19H,1-7H2;2*1H/t14-;;/m0../s1. The molecule has 1 atom stereocenters. The molecule has 0 unspecified atom stereocenters. The van der Waals surface area contributed by atoms with Crippen molar-refractivity contribution >= 4 is 40.7 Å². The first-order valence-corrected chi connectivity index (χ1v) is 8.03. The summed E-state index contributed by atoms with van der Waals surface area (Å²) in [5.41, 5.74) is 0.252. The van der Waals surface area contributed by atoms with E-state index < -0.39 is 11.6 Å². The number of piperazine rings is 1. The highest BCUT2D eigenvalue weighted by Gasteiger charge is 2.33. The molecule has 1 heterocycles. The first-order chi connectivity index (χ1) is 9.65. The van der Waals surface area contributed by atoms with E-state index in [2.05, 4.69) is 26.1 Å². The van der Waals surface area contributed by atoms with Crippen LogP contribution in [0.1, 0.15) is 30.9 Å². The summed E-state index contributed by atoms with van der Waals surface area (Å²) >= 11 is 3.15. The van der Waals surface area contributed by atoms with Gasteiger partial charge in [0.15, 0.2) is 0 Å². The monoisotopic (exact) mass is 416 g/mol. The zero-order valence-corrected chi connectivity index (χ0v) is 15.4. The van der Waals surface area contributed by atoms with E-state index in [9.17, 15) is 8.78 Å². The third kappa shape index (κ3) is 4.78. The van der Waals surface area contributed by atoms with Crippen molar-refractivity contribution in [2.45, 2.75) is 25.3 Å². The lowest BCUT2D eigenvalue weighted by Crippen LogP contribution is -2.45. The number of nitrogens with zero attached hydrogens (tertiary/aromatic N) is 1. The minimum absolute atomic E-state index is 0. The van der Waals surface area contributed by atoms with Crippen molar-refractivity contribution in [3.05, 3.63) is 33.8 Å². The fourth-order valence-corrected chi connectivity index (χ4v) is 3.39. The van der Waals surface area contributed by atoms with Gasteiger partial charge < -0.3 is 5.32 Å². The van der Waals surface area contributed by atoms with E-state index in [1.54, 1.807) is 0 Å². The maximum atomic E-state index is 14.3. The van der Waals surface area contributed by atoms with Crippen LogP contribution >= 0.6 is 40.7 Å². The Morgan fingerprint density at radius 3 is 2.18 bits per heavy atom. The molecule has 1 aliphatic carbocycles. The minimum atomic E-state index is -0.430. The van der Waals surface area contributed by atoms with Gasteiger partial charge in [0.2, 0.25) is 0 Å². The van der Waals surface area contributed by atoms with Crippen LogP contribution < -0.4 is 5.32 Å². The van der Waals surface area contributed by atoms with Crippen molar-refractivity contribution in [1.82, 2.24) is 10.2 Å². The summed E-state index contributed by atoms with van der Waals surface area (Å²) in [7, 11) is 0. The fraction of sp³-hybridized carbons (Fsp3) is 0.600. The molecule has 2 nitrogen and oxygen atoms in total. The second-order valence-electron chi connectivity index (χ2n) is 5.76. The highest BCUT2D eigenvalue weighted by Crippen LogP contribution is 2.41. The number of benzene rings is 1. The van der Waals surface area contributed by atoms with Gasteiger partial charge in [-0.2, -0.15) is 0 Å². The zero-order chi connectivity index (χ0) is 14.1. The maximum Gasteiger partial charge on any atom is 0.132 e. The summed E-state index contributed by atoms with van der Waals surface area (Å²) in [5, 5.41) is 3.29. The summed E-state index contributed by atoms with van der Waals surface area (Å²) in [6.45, 7) is 3.49. The molecule has 2 fully saturated rings. The van der Waals surface area contributed by atoms with E-state index in [4.69, 9.17) is 0 Å². The van der Waals surface area contributed by atoms with Gasteiger partial charge in [-0.05, 0) is 24.5 Å². The van der Waals surface area contributed by atoms with E-state index in [1.807, 2.05) is 0 Å². The molecule has 1 aliphatic heterocycles. The fourth-order valence-electron chi connectivity index (χ4n) is 2.98. The number of rotatable bonds is 4. The minimum Gasteiger partial charge on any atom is -0.314 e. The predicted octanol–water partition coefficient (Wildman–Crippen LogP) is 4.32. The second kappa shape index (κ2) is 8.78. The summed E-state index contributed by atoms with van der Waals surface area (Å²) in [4.78, 5) is 2.23. The average Bonchev–Trinajstić information content (AvgIpc) is 3.21. The van der Waals surface area contributed by atoms with E-state index in [0.717, 1.165) is 32.6 Å². The predicted molar refractivity (Wildman–Crippen MR) is 93.1 cm³/mol. The quantitative estimate of drug-likeness (QED) is 0.784. The van der Waals surface area contributed by atoms with Crippen LogP contribution in [0.25, 0.3) is 0 Å². The Bertz CT molecular complexity index is 471. The topological polar surface area (TPSA) is 15.3 Å². The van der Waals surface area contributed by atoms with Crippen LogP contribution in [0.2, 0.25) is 0 Å². The molecule has 3 rings (SSSR count). The Morgan fingerprint density at radius 2 is 1.68 bits per heavy atom.